The molecule has 2 N–H and O–H groups in total. The molecule has 0 amide bonds. The molecular weight excluding hydrogens is 364 g/mol. The molecule has 2 aromatic carbocycles. The Labute approximate surface area is 154 Å². The smallest absolute Gasteiger partial charge is 0.258 e. The minimum Gasteiger partial charge on any atom is -0.467 e. The largest absolute Gasteiger partial charge is 0.467 e. The number of nitrogens with zero attached hydrogens (tertiary/aromatic N) is 2. The third kappa shape index (κ3) is 3.67. The van der Waals surface area contributed by atoms with Crippen molar-refractivity contribution in [1.29, 1.82) is 0 Å². The zero-order valence-corrected chi connectivity index (χ0v) is 14.6. The fourth-order valence-corrected chi connectivity index (χ4v) is 2.98. The van der Waals surface area contributed by atoms with Crippen molar-refractivity contribution in [3.63, 3.8) is 0 Å². The van der Waals surface area contributed by atoms with Gasteiger partial charge in [0.15, 0.2) is 5.82 Å². The van der Waals surface area contributed by atoms with Gasteiger partial charge in [-0.05, 0) is 25.1 Å². The summed E-state index contributed by atoms with van der Waals surface area (Å²) < 4.78 is 19.5. The maximum atomic E-state index is 13.7. The van der Waals surface area contributed by atoms with E-state index in [1.54, 1.807) is 25.3 Å². The molecule has 0 aliphatic rings. The van der Waals surface area contributed by atoms with E-state index in [0.717, 1.165) is 5.56 Å². The summed E-state index contributed by atoms with van der Waals surface area (Å²) >= 11 is 12.1. The number of halogens is 3. The quantitative estimate of drug-likeness (QED) is 0.642. The van der Waals surface area contributed by atoms with Crippen LogP contribution in [0.1, 0.15) is 18.6 Å². The Balaban J connectivity index is 1.94. The van der Waals surface area contributed by atoms with Crippen LogP contribution in [0.5, 0.6) is 5.88 Å². The third-order valence-corrected chi connectivity index (χ3v) is 4.27. The highest BCUT2D eigenvalue weighted by Crippen LogP contribution is 2.35. The van der Waals surface area contributed by atoms with E-state index in [1.165, 1.54) is 12.1 Å². The van der Waals surface area contributed by atoms with E-state index in [4.69, 9.17) is 33.7 Å². The molecule has 0 aliphatic carbocycles. The van der Waals surface area contributed by atoms with Crippen LogP contribution in [0.25, 0.3) is 11.3 Å². The van der Waals surface area contributed by atoms with E-state index in [9.17, 15) is 4.39 Å². The molecule has 0 bridgehead atoms. The van der Waals surface area contributed by atoms with Gasteiger partial charge in [0.25, 0.3) is 5.88 Å². The van der Waals surface area contributed by atoms with Crippen LogP contribution in [0.4, 0.5) is 10.2 Å². The van der Waals surface area contributed by atoms with Crippen LogP contribution in [0.3, 0.4) is 0 Å². The summed E-state index contributed by atoms with van der Waals surface area (Å²) in [6.07, 6.45) is 0.872. The minimum atomic E-state index is -0.674. The molecule has 3 aromatic rings. The number of nitrogen functional groups attached to an aromatic ring is 1. The molecule has 1 radical (unpaired) electrons. The molecule has 1 atom stereocenters. The zero-order valence-electron chi connectivity index (χ0n) is 13.1. The van der Waals surface area contributed by atoms with Crippen molar-refractivity contribution in [3.05, 3.63) is 70.1 Å². The van der Waals surface area contributed by atoms with Gasteiger partial charge in [0.05, 0.1) is 16.9 Å². The lowest BCUT2D eigenvalue weighted by atomic mass is 10.1. The highest BCUT2D eigenvalue weighted by Gasteiger charge is 2.20. The topological polar surface area (TPSA) is 61.0 Å². The van der Waals surface area contributed by atoms with Crippen molar-refractivity contribution >= 4 is 29.0 Å². The Kier molecular flexibility index (Phi) is 5.06. The number of anilines is 1. The van der Waals surface area contributed by atoms with E-state index in [-0.39, 0.29) is 16.7 Å². The van der Waals surface area contributed by atoms with Crippen molar-refractivity contribution < 1.29 is 9.13 Å². The number of benzene rings is 2. The Bertz CT molecular complexity index is 906. The van der Waals surface area contributed by atoms with E-state index >= 15 is 0 Å². The fourth-order valence-electron chi connectivity index (χ4n) is 2.31. The van der Waals surface area contributed by atoms with Crippen LogP contribution in [0, 0.1) is 11.9 Å². The van der Waals surface area contributed by atoms with E-state index < -0.39 is 11.9 Å². The molecule has 1 heterocycles. The molecule has 0 fully saturated rings. The van der Waals surface area contributed by atoms with Gasteiger partial charge in [-0.2, -0.15) is 0 Å². The molecule has 0 saturated heterocycles. The summed E-state index contributed by atoms with van der Waals surface area (Å²) in [6, 6.07) is 12.8. The van der Waals surface area contributed by atoms with Gasteiger partial charge in [0.1, 0.15) is 11.9 Å². The van der Waals surface area contributed by atoms with Crippen molar-refractivity contribution in [2.75, 3.05) is 5.73 Å². The first kappa shape index (κ1) is 17.5. The highest BCUT2D eigenvalue weighted by molar-refractivity contribution is 6.36. The monoisotopic (exact) mass is 376 g/mol. The van der Waals surface area contributed by atoms with Crippen molar-refractivity contribution in [2.45, 2.75) is 13.0 Å². The van der Waals surface area contributed by atoms with Gasteiger partial charge >= 0.3 is 0 Å². The van der Waals surface area contributed by atoms with E-state index in [0.29, 0.717) is 16.3 Å². The maximum absolute atomic E-state index is 13.7. The Morgan fingerprint density at radius 3 is 2.64 bits per heavy atom. The second kappa shape index (κ2) is 7.25. The van der Waals surface area contributed by atoms with Crippen molar-refractivity contribution in [3.8, 4) is 17.1 Å². The Hall–Kier alpha value is -2.37. The molecule has 1 aromatic heterocycles. The molecule has 25 heavy (non-hydrogen) atoms. The Morgan fingerprint density at radius 1 is 1.20 bits per heavy atom. The van der Waals surface area contributed by atoms with Crippen LogP contribution in [0.2, 0.25) is 10.0 Å². The first-order chi connectivity index (χ1) is 12.0. The third-order valence-electron chi connectivity index (χ3n) is 3.56. The lowest BCUT2D eigenvalue weighted by molar-refractivity contribution is 0.218. The van der Waals surface area contributed by atoms with Crippen LogP contribution in [-0.2, 0) is 0 Å². The molecular formula is C18H13Cl2FN3O. The summed E-state index contributed by atoms with van der Waals surface area (Å²) in [5.41, 5.74) is 7.60. The first-order valence-corrected chi connectivity index (χ1v) is 8.12. The van der Waals surface area contributed by atoms with Crippen LogP contribution in [0.15, 0.2) is 42.6 Å². The minimum absolute atomic E-state index is 0.0960. The average molecular weight is 377 g/mol. The lowest BCUT2D eigenvalue weighted by Crippen LogP contribution is -2.09. The molecule has 3 rings (SSSR count). The van der Waals surface area contributed by atoms with Gasteiger partial charge in [-0.3, -0.25) is 0 Å². The lowest BCUT2D eigenvalue weighted by Gasteiger charge is -2.18. The highest BCUT2D eigenvalue weighted by atomic mass is 35.5. The second-order valence-corrected chi connectivity index (χ2v) is 6.04. The van der Waals surface area contributed by atoms with Crippen molar-refractivity contribution in [2.24, 2.45) is 0 Å². The number of ether oxygens (including phenoxy) is 1. The molecule has 127 valence electrons. The van der Waals surface area contributed by atoms with Gasteiger partial charge in [0.2, 0.25) is 0 Å². The van der Waals surface area contributed by atoms with Crippen LogP contribution in [-0.4, -0.2) is 9.97 Å². The van der Waals surface area contributed by atoms with Crippen LogP contribution >= 0.6 is 23.2 Å². The summed E-state index contributed by atoms with van der Waals surface area (Å²) in [5, 5.41) is 0.196. The molecule has 1 unspecified atom stereocenters. The normalized spacial score (nSPS) is 12.0. The van der Waals surface area contributed by atoms with Gasteiger partial charge in [-0.25, -0.2) is 14.4 Å². The number of hydrogen-bond donors (Lipinski definition) is 1. The van der Waals surface area contributed by atoms with Gasteiger partial charge in [-0.15, -0.1) is 0 Å². The predicted octanol–water partition coefficient (Wildman–Crippen LogP) is 5.11. The van der Waals surface area contributed by atoms with Gasteiger partial charge in [0, 0.05) is 16.1 Å². The average Bonchev–Trinajstić information content (AvgIpc) is 2.61. The van der Waals surface area contributed by atoms with Gasteiger partial charge < -0.3 is 10.5 Å². The van der Waals surface area contributed by atoms with Gasteiger partial charge in [-0.1, -0.05) is 47.5 Å². The fraction of sp³-hybridized carbons (Fsp3) is 0.111. The van der Waals surface area contributed by atoms with Crippen LogP contribution < -0.4 is 10.5 Å². The SMILES string of the molecule is CC(Oc1nc(-c2cc[c]cc2)cnc1N)c1c(Cl)ccc(F)c1Cl. The molecule has 4 nitrogen and oxygen atoms in total. The molecule has 0 saturated carbocycles. The standard InChI is InChI=1S/C18H13Cl2FN3O/c1-10(15-12(19)7-8-13(21)16(15)20)25-18-17(22)23-9-14(24-18)11-5-3-2-4-6-11/h3-10H,1H3,(H2,22,23). The summed E-state index contributed by atoms with van der Waals surface area (Å²) in [4.78, 5) is 8.49. The summed E-state index contributed by atoms with van der Waals surface area (Å²) in [7, 11) is 0. The Morgan fingerprint density at radius 2 is 1.92 bits per heavy atom. The first-order valence-electron chi connectivity index (χ1n) is 7.36. The maximum Gasteiger partial charge on any atom is 0.258 e. The number of hydrogen-bond acceptors (Lipinski definition) is 4. The summed E-state index contributed by atoms with van der Waals surface area (Å²) in [6.45, 7) is 1.68. The summed E-state index contributed by atoms with van der Waals surface area (Å²) in [5.74, 6) is -0.346. The predicted molar refractivity (Wildman–Crippen MR) is 96.2 cm³/mol. The molecule has 0 aliphatic heterocycles. The number of nitrogens with two attached hydrogens (primary N) is 1. The second-order valence-electron chi connectivity index (χ2n) is 5.25. The molecule has 0 spiro atoms. The molecule has 7 heteroatoms. The zero-order chi connectivity index (χ0) is 18.0. The van der Waals surface area contributed by atoms with E-state index in [1.807, 2.05) is 12.1 Å². The van der Waals surface area contributed by atoms with Crippen molar-refractivity contribution in [1.82, 2.24) is 9.97 Å². The van der Waals surface area contributed by atoms with E-state index in [2.05, 4.69) is 16.0 Å². The number of rotatable bonds is 4. The number of aromatic nitrogens is 2.